The Hall–Kier alpha value is -1.07. The zero-order valence-electron chi connectivity index (χ0n) is 8.57. The Labute approximate surface area is 83.0 Å². The number of esters is 1. The average molecular weight is 201 g/mol. The SMILES string of the molecule is COC(=O)/C=C1\NC[C@H](OC)[C@@H]1OC. The standard InChI is InChI=1S/C9H15NO4/c1-12-7-5-10-6(9(7)14-3)4-8(11)13-2/h4,7,9-10H,5H2,1-3H3/b6-4-/t7-,9+/m0/s1. The summed E-state index contributed by atoms with van der Waals surface area (Å²) in [5, 5.41) is 3.03. The Kier molecular flexibility index (Phi) is 3.91. The molecule has 0 aromatic rings. The highest BCUT2D eigenvalue weighted by molar-refractivity contribution is 5.82. The molecule has 1 aliphatic heterocycles. The lowest BCUT2D eigenvalue weighted by Crippen LogP contribution is -2.27. The van der Waals surface area contributed by atoms with Gasteiger partial charge in [-0.15, -0.1) is 0 Å². The molecule has 0 spiro atoms. The fourth-order valence-electron chi connectivity index (χ4n) is 1.43. The number of hydrogen-bond donors (Lipinski definition) is 1. The minimum Gasteiger partial charge on any atom is -0.466 e. The lowest BCUT2D eigenvalue weighted by atomic mass is 10.2. The van der Waals surface area contributed by atoms with Gasteiger partial charge in [-0.05, 0) is 0 Å². The van der Waals surface area contributed by atoms with Crippen molar-refractivity contribution in [2.75, 3.05) is 27.9 Å². The van der Waals surface area contributed by atoms with Crippen molar-refractivity contribution in [3.05, 3.63) is 11.8 Å². The van der Waals surface area contributed by atoms with Crippen LogP contribution >= 0.6 is 0 Å². The third kappa shape index (κ3) is 2.24. The summed E-state index contributed by atoms with van der Waals surface area (Å²) in [5.41, 5.74) is 0.700. The minimum absolute atomic E-state index is 0.0593. The van der Waals surface area contributed by atoms with Gasteiger partial charge in [0, 0.05) is 26.8 Å². The van der Waals surface area contributed by atoms with E-state index in [1.54, 1.807) is 14.2 Å². The van der Waals surface area contributed by atoms with Crippen molar-refractivity contribution in [2.24, 2.45) is 0 Å². The number of methoxy groups -OCH3 is 3. The van der Waals surface area contributed by atoms with E-state index in [4.69, 9.17) is 9.47 Å². The third-order valence-electron chi connectivity index (χ3n) is 2.18. The highest BCUT2D eigenvalue weighted by Gasteiger charge is 2.31. The van der Waals surface area contributed by atoms with Gasteiger partial charge < -0.3 is 19.5 Å². The molecule has 0 radical (unpaired) electrons. The Morgan fingerprint density at radius 2 is 2.14 bits per heavy atom. The molecule has 80 valence electrons. The Balaban J connectivity index is 2.71. The summed E-state index contributed by atoms with van der Waals surface area (Å²) in [6.07, 6.45) is 1.10. The second-order valence-electron chi connectivity index (χ2n) is 2.93. The maximum Gasteiger partial charge on any atom is 0.332 e. The van der Waals surface area contributed by atoms with Gasteiger partial charge >= 0.3 is 5.97 Å². The van der Waals surface area contributed by atoms with Crippen LogP contribution in [0, 0.1) is 0 Å². The van der Waals surface area contributed by atoms with Gasteiger partial charge in [-0.25, -0.2) is 4.79 Å². The second-order valence-corrected chi connectivity index (χ2v) is 2.93. The molecule has 2 atom stereocenters. The fraction of sp³-hybridized carbons (Fsp3) is 0.667. The Morgan fingerprint density at radius 1 is 1.43 bits per heavy atom. The molecule has 5 heteroatoms. The summed E-state index contributed by atoms with van der Waals surface area (Å²) in [6, 6.07) is 0. The summed E-state index contributed by atoms with van der Waals surface area (Å²) in [7, 11) is 4.53. The molecule has 1 N–H and O–H groups in total. The molecular weight excluding hydrogens is 186 g/mol. The van der Waals surface area contributed by atoms with Crippen molar-refractivity contribution < 1.29 is 19.0 Å². The molecule has 0 unspecified atom stereocenters. The maximum absolute atomic E-state index is 11.0. The van der Waals surface area contributed by atoms with Gasteiger partial charge in [0.25, 0.3) is 0 Å². The van der Waals surface area contributed by atoms with Crippen molar-refractivity contribution >= 4 is 5.97 Å². The van der Waals surface area contributed by atoms with Crippen LogP contribution in [0.4, 0.5) is 0 Å². The Morgan fingerprint density at radius 3 is 2.64 bits per heavy atom. The van der Waals surface area contributed by atoms with Crippen LogP contribution < -0.4 is 5.32 Å². The van der Waals surface area contributed by atoms with Gasteiger partial charge in [0.1, 0.15) is 12.2 Å². The van der Waals surface area contributed by atoms with Crippen molar-refractivity contribution in [2.45, 2.75) is 12.2 Å². The van der Waals surface area contributed by atoms with Crippen LogP contribution in [0.25, 0.3) is 0 Å². The van der Waals surface area contributed by atoms with E-state index in [2.05, 4.69) is 10.1 Å². The van der Waals surface area contributed by atoms with E-state index in [-0.39, 0.29) is 12.2 Å². The quantitative estimate of drug-likeness (QED) is 0.501. The summed E-state index contributed by atoms with van der Waals surface area (Å²) in [5.74, 6) is -0.397. The van der Waals surface area contributed by atoms with Gasteiger partial charge in [-0.3, -0.25) is 0 Å². The number of carbonyl (C=O) groups excluding carboxylic acids is 1. The van der Waals surface area contributed by atoms with Crippen molar-refractivity contribution in [1.82, 2.24) is 5.32 Å². The van der Waals surface area contributed by atoms with E-state index in [9.17, 15) is 4.79 Å². The molecule has 1 rings (SSSR count). The largest absolute Gasteiger partial charge is 0.466 e. The first-order valence-electron chi connectivity index (χ1n) is 4.32. The smallest absolute Gasteiger partial charge is 0.332 e. The summed E-state index contributed by atoms with van der Waals surface area (Å²) < 4.78 is 14.9. The number of hydrogen-bond acceptors (Lipinski definition) is 5. The second kappa shape index (κ2) is 4.97. The summed E-state index contributed by atoms with van der Waals surface area (Å²) >= 11 is 0. The van der Waals surface area contributed by atoms with Crippen LogP contribution in [-0.4, -0.2) is 46.1 Å². The molecule has 1 aliphatic rings. The normalized spacial score (nSPS) is 28.9. The topological polar surface area (TPSA) is 56.8 Å². The summed E-state index contributed by atoms with van der Waals surface area (Å²) in [6.45, 7) is 0.637. The molecule has 1 heterocycles. The molecule has 0 amide bonds. The average Bonchev–Trinajstić information content (AvgIpc) is 2.59. The van der Waals surface area contributed by atoms with Gasteiger partial charge in [-0.1, -0.05) is 0 Å². The van der Waals surface area contributed by atoms with Gasteiger partial charge in [0.2, 0.25) is 0 Å². The van der Waals surface area contributed by atoms with Crippen molar-refractivity contribution in [3.63, 3.8) is 0 Å². The molecule has 14 heavy (non-hydrogen) atoms. The number of carbonyl (C=O) groups is 1. The highest BCUT2D eigenvalue weighted by atomic mass is 16.5. The lowest BCUT2D eigenvalue weighted by Gasteiger charge is -2.15. The van der Waals surface area contributed by atoms with E-state index in [1.165, 1.54) is 13.2 Å². The van der Waals surface area contributed by atoms with E-state index in [0.29, 0.717) is 12.2 Å². The zero-order chi connectivity index (χ0) is 10.6. The minimum atomic E-state index is -0.397. The van der Waals surface area contributed by atoms with Crippen LogP contribution in [0.3, 0.4) is 0 Å². The van der Waals surface area contributed by atoms with E-state index in [1.807, 2.05) is 0 Å². The first kappa shape index (κ1) is 11.0. The first-order chi connectivity index (χ1) is 6.72. The monoisotopic (exact) mass is 201 g/mol. The van der Waals surface area contributed by atoms with E-state index >= 15 is 0 Å². The van der Waals surface area contributed by atoms with Crippen LogP contribution in [-0.2, 0) is 19.0 Å². The van der Waals surface area contributed by atoms with Crippen molar-refractivity contribution in [3.8, 4) is 0 Å². The number of ether oxygens (including phenoxy) is 3. The van der Waals surface area contributed by atoms with Crippen molar-refractivity contribution in [1.29, 1.82) is 0 Å². The van der Waals surface area contributed by atoms with E-state index in [0.717, 1.165) is 0 Å². The molecule has 1 saturated heterocycles. The molecule has 5 nitrogen and oxygen atoms in total. The number of rotatable bonds is 3. The van der Waals surface area contributed by atoms with Crippen LogP contribution in [0.1, 0.15) is 0 Å². The maximum atomic E-state index is 11.0. The highest BCUT2D eigenvalue weighted by Crippen LogP contribution is 2.17. The molecule has 0 aromatic heterocycles. The molecule has 0 bridgehead atoms. The predicted molar refractivity (Wildman–Crippen MR) is 49.7 cm³/mol. The number of nitrogens with one attached hydrogen (secondary N) is 1. The molecule has 0 aliphatic carbocycles. The zero-order valence-corrected chi connectivity index (χ0v) is 8.57. The molecular formula is C9H15NO4. The molecule has 0 aromatic carbocycles. The predicted octanol–water partition coefficient (Wildman–Crippen LogP) is -0.324. The van der Waals surface area contributed by atoms with Gasteiger partial charge in [-0.2, -0.15) is 0 Å². The van der Waals surface area contributed by atoms with Crippen LogP contribution in [0.5, 0.6) is 0 Å². The molecule has 0 saturated carbocycles. The van der Waals surface area contributed by atoms with Crippen LogP contribution in [0.2, 0.25) is 0 Å². The Bertz CT molecular complexity index is 239. The van der Waals surface area contributed by atoms with Gasteiger partial charge in [0.05, 0.1) is 12.8 Å². The summed E-state index contributed by atoms with van der Waals surface area (Å²) in [4.78, 5) is 11.0. The van der Waals surface area contributed by atoms with Crippen LogP contribution in [0.15, 0.2) is 11.8 Å². The van der Waals surface area contributed by atoms with Gasteiger partial charge in [0.15, 0.2) is 0 Å². The third-order valence-corrected chi connectivity index (χ3v) is 2.18. The van der Waals surface area contributed by atoms with E-state index < -0.39 is 5.97 Å². The fourth-order valence-corrected chi connectivity index (χ4v) is 1.43. The molecule has 1 fully saturated rings. The lowest BCUT2D eigenvalue weighted by molar-refractivity contribution is -0.135. The first-order valence-corrected chi connectivity index (χ1v) is 4.32.